The molecule has 1 atom stereocenters. The van der Waals surface area contributed by atoms with Crippen LogP contribution >= 0.6 is 11.6 Å². The molecule has 0 aliphatic rings. The van der Waals surface area contributed by atoms with E-state index in [-0.39, 0.29) is 12.0 Å². The van der Waals surface area contributed by atoms with Crippen LogP contribution in [0.4, 0.5) is 0 Å². The lowest BCUT2D eigenvalue weighted by Gasteiger charge is -2.17. The maximum Gasteiger partial charge on any atom is 0.328 e. The summed E-state index contributed by atoms with van der Waals surface area (Å²) in [4.78, 5) is 24.3. The minimum atomic E-state index is -0.882. The molecule has 1 amide bonds. The van der Waals surface area contributed by atoms with Gasteiger partial charge in [0, 0.05) is 6.42 Å². The van der Waals surface area contributed by atoms with Gasteiger partial charge in [-0.2, -0.15) is 5.26 Å². The quantitative estimate of drug-likeness (QED) is 0.847. The van der Waals surface area contributed by atoms with Crippen LogP contribution in [0.2, 0.25) is 5.02 Å². The molecule has 0 bridgehead atoms. The molecule has 24 heavy (non-hydrogen) atoms. The van der Waals surface area contributed by atoms with Gasteiger partial charge in [-0.05, 0) is 29.8 Å². The van der Waals surface area contributed by atoms with Gasteiger partial charge < -0.3 is 10.1 Å². The van der Waals surface area contributed by atoms with Crippen LogP contribution < -0.4 is 5.32 Å². The van der Waals surface area contributed by atoms with E-state index in [2.05, 4.69) is 5.32 Å². The molecule has 0 heterocycles. The number of nitrogens with zero attached hydrogens (tertiary/aromatic N) is 1. The Hall–Kier alpha value is -2.84. The third-order valence-electron chi connectivity index (χ3n) is 3.41. The molecule has 5 nitrogen and oxygen atoms in total. The highest BCUT2D eigenvalue weighted by Crippen LogP contribution is 2.15. The van der Waals surface area contributed by atoms with Crippen molar-refractivity contribution >= 4 is 23.5 Å². The van der Waals surface area contributed by atoms with Crippen LogP contribution in [-0.4, -0.2) is 25.0 Å². The number of carbonyl (C=O) groups is 2. The van der Waals surface area contributed by atoms with Gasteiger partial charge in [0.25, 0.3) is 5.91 Å². The summed E-state index contributed by atoms with van der Waals surface area (Å²) < 4.78 is 4.76. The number of amides is 1. The monoisotopic (exact) mass is 342 g/mol. The van der Waals surface area contributed by atoms with Gasteiger partial charge in [0.05, 0.1) is 29.3 Å². The van der Waals surface area contributed by atoms with E-state index in [4.69, 9.17) is 21.6 Å². The highest BCUT2D eigenvalue weighted by molar-refractivity contribution is 6.33. The Morgan fingerprint density at radius 3 is 2.67 bits per heavy atom. The molecule has 6 heteroatoms. The first kappa shape index (κ1) is 17.5. The number of benzene rings is 2. The first-order chi connectivity index (χ1) is 11.5. The fourth-order valence-corrected chi connectivity index (χ4v) is 2.44. The van der Waals surface area contributed by atoms with Crippen LogP contribution in [0, 0.1) is 11.3 Å². The zero-order valence-corrected chi connectivity index (χ0v) is 13.7. The van der Waals surface area contributed by atoms with Crippen LogP contribution in [-0.2, 0) is 16.0 Å². The first-order valence-electron chi connectivity index (χ1n) is 7.17. The number of hydrogen-bond donors (Lipinski definition) is 1. The number of ether oxygens (including phenoxy) is 1. The summed E-state index contributed by atoms with van der Waals surface area (Å²) in [5, 5.41) is 11.9. The van der Waals surface area contributed by atoms with Gasteiger partial charge in [0.2, 0.25) is 0 Å². The topological polar surface area (TPSA) is 79.2 Å². The summed E-state index contributed by atoms with van der Waals surface area (Å²) in [5.74, 6) is -1.04. The van der Waals surface area contributed by atoms with Crippen molar-refractivity contribution in [2.24, 2.45) is 0 Å². The van der Waals surface area contributed by atoms with Crippen LogP contribution in [0.25, 0.3) is 0 Å². The average Bonchev–Trinajstić information content (AvgIpc) is 2.60. The summed E-state index contributed by atoms with van der Waals surface area (Å²) in [6.07, 6.45) is 0.207. The maximum atomic E-state index is 12.4. The summed E-state index contributed by atoms with van der Waals surface area (Å²) in [7, 11) is 1.25. The van der Waals surface area contributed by atoms with Crippen LogP contribution in [0.5, 0.6) is 0 Å². The van der Waals surface area contributed by atoms with Crippen LogP contribution in [0.3, 0.4) is 0 Å². The zero-order valence-electron chi connectivity index (χ0n) is 13.0. The molecular formula is C18H15ClN2O3. The molecule has 0 aliphatic heterocycles. The van der Waals surface area contributed by atoms with Gasteiger partial charge >= 0.3 is 5.97 Å². The number of nitriles is 1. The van der Waals surface area contributed by atoms with Crippen molar-refractivity contribution in [2.45, 2.75) is 12.5 Å². The predicted molar refractivity (Wildman–Crippen MR) is 89.6 cm³/mol. The average molecular weight is 343 g/mol. The van der Waals surface area contributed by atoms with Crippen molar-refractivity contribution in [3.05, 3.63) is 70.2 Å². The molecular weight excluding hydrogens is 328 g/mol. The van der Waals surface area contributed by atoms with E-state index >= 15 is 0 Å². The number of methoxy groups -OCH3 is 1. The summed E-state index contributed by atoms with van der Waals surface area (Å²) in [5.41, 5.74) is 1.50. The molecule has 0 radical (unpaired) electrons. The predicted octanol–water partition coefficient (Wildman–Crippen LogP) is 2.73. The molecule has 2 aromatic rings. The highest BCUT2D eigenvalue weighted by Gasteiger charge is 2.23. The van der Waals surface area contributed by atoms with Gasteiger partial charge in [0.15, 0.2) is 0 Å². The van der Waals surface area contributed by atoms with E-state index in [1.54, 1.807) is 48.5 Å². The van der Waals surface area contributed by atoms with Gasteiger partial charge in [-0.15, -0.1) is 0 Å². The van der Waals surface area contributed by atoms with Gasteiger partial charge in [-0.25, -0.2) is 4.79 Å². The molecule has 0 unspecified atom stereocenters. The Bertz CT molecular complexity index is 799. The third kappa shape index (κ3) is 4.34. The summed E-state index contributed by atoms with van der Waals surface area (Å²) in [6.45, 7) is 0. The lowest BCUT2D eigenvalue weighted by atomic mass is 10.0. The van der Waals surface area contributed by atoms with E-state index in [1.807, 2.05) is 6.07 Å². The molecule has 0 saturated heterocycles. The Labute approximate surface area is 144 Å². The maximum absolute atomic E-state index is 12.4. The molecule has 0 fully saturated rings. The number of esters is 1. The fraction of sp³-hybridized carbons (Fsp3) is 0.167. The van der Waals surface area contributed by atoms with Crippen molar-refractivity contribution in [2.75, 3.05) is 7.11 Å². The van der Waals surface area contributed by atoms with Crippen molar-refractivity contribution in [1.29, 1.82) is 5.26 Å². The second-order valence-corrected chi connectivity index (χ2v) is 5.45. The van der Waals surface area contributed by atoms with Gasteiger partial charge in [-0.1, -0.05) is 35.9 Å². The SMILES string of the molecule is COC(=O)[C@@H](Cc1cccc(C#N)c1)NC(=O)c1ccccc1Cl. The van der Waals surface area contributed by atoms with Crippen molar-refractivity contribution in [3.63, 3.8) is 0 Å². The molecule has 0 spiro atoms. The molecule has 2 rings (SSSR count). The molecule has 0 aliphatic carbocycles. The Balaban J connectivity index is 2.20. The van der Waals surface area contributed by atoms with Crippen molar-refractivity contribution in [3.8, 4) is 6.07 Å². The first-order valence-corrected chi connectivity index (χ1v) is 7.55. The van der Waals surface area contributed by atoms with Gasteiger partial charge in [0.1, 0.15) is 6.04 Å². The Morgan fingerprint density at radius 2 is 2.00 bits per heavy atom. The Morgan fingerprint density at radius 1 is 1.25 bits per heavy atom. The molecule has 2 aromatic carbocycles. The van der Waals surface area contributed by atoms with Crippen LogP contribution in [0.15, 0.2) is 48.5 Å². The second-order valence-electron chi connectivity index (χ2n) is 5.05. The molecule has 0 aromatic heterocycles. The van der Waals surface area contributed by atoms with E-state index in [0.717, 1.165) is 5.56 Å². The summed E-state index contributed by atoms with van der Waals surface area (Å²) >= 11 is 6.00. The minimum Gasteiger partial charge on any atom is -0.467 e. The Kier molecular flexibility index (Phi) is 5.94. The van der Waals surface area contributed by atoms with E-state index in [0.29, 0.717) is 10.6 Å². The van der Waals surface area contributed by atoms with Crippen LogP contribution in [0.1, 0.15) is 21.5 Å². The number of rotatable bonds is 5. The lowest BCUT2D eigenvalue weighted by molar-refractivity contribution is -0.142. The largest absolute Gasteiger partial charge is 0.467 e. The smallest absolute Gasteiger partial charge is 0.328 e. The second kappa shape index (κ2) is 8.14. The summed E-state index contributed by atoms with van der Waals surface area (Å²) in [6, 6.07) is 14.5. The standard InChI is InChI=1S/C18H15ClN2O3/c1-24-18(23)16(10-12-5-4-6-13(9-12)11-20)21-17(22)14-7-2-3-8-15(14)19/h2-9,16H,10H2,1H3,(H,21,22)/t16-/m1/s1. The molecule has 1 N–H and O–H groups in total. The van der Waals surface area contributed by atoms with E-state index in [1.165, 1.54) is 7.11 Å². The number of halogens is 1. The van der Waals surface area contributed by atoms with Crippen molar-refractivity contribution in [1.82, 2.24) is 5.32 Å². The molecule has 122 valence electrons. The van der Waals surface area contributed by atoms with Gasteiger partial charge in [-0.3, -0.25) is 4.79 Å². The normalized spacial score (nSPS) is 11.2. The fourth-order valence-electron chi connectivity index (χ4n) is 2.22. The van der Waals surface area contributed by atoms with Crippen molar-refractivity contribution < 1.29 is 14.3 Å². The minimum absolute atomic E-state index is 0.207. The number of nitrogens with one attached hydrogen (secondary N) is 1. The number of hydrogen-bond acceptors (Lipinski definition) is 4. The third-order valence-corrected chi connectivity index (χ3v) is 3.74. The van der Waals surface area contributed by atoms with E-state index in [9.17, 15) is 9.59 Å². The van der Waals surface area contributed by atoms with E-state index < -0.39 is 17.9 Å². The molecule has 0 saturated carbocycles. The zero-order chi connectivity index (χ0) is 17.5. The highest BCUT2D eigenvalue weighted by atomic mass is 35.5. The number of carbonyl (C=O) groups excluding carboxylic acids is 2. The lowest BCUT2D eigenvalue weighted by Crippen LogP contribution is -2.43.